The van der Waals surface area contributed by atoms with Gasteiger partial charge in [-0.2, -0.15) is 0 Å². The summed E-state index contributed by atoms with van der Waals surface area (Å²) < 4.78 is 1.01. The van der Waals surface area contributed by atoms with Gasteiger partial charge in [0, 0.05) is 17.1 Å². The molecule has 1 aliphatic rings. The van der Waals surface area contributed by atoms with Crippen LogP contribution in [0.25, 0.3) is 0 Å². The van der Waals surface area contributed by atoms with E-state index in [4.69, 9.17) is 0 Å². The molecular formula is C13H18BrNO2. The summed E-state index contributed by atoms with van der Waals surface area (Å²) in [5.74, 6) is 0.295. The van der Waals surface area contributed by atoms with Crippen molar-refractivity contribution in [2.45, 2.75) is 44.4 Å². The van der Waals surface area contributed by atoms with Gasteiger partial charge in [0.2, 0.25) is 0 Å². The summed E-state index contributed by atoms with van der Waals surface area (Å²) >= 11 is 3.47. The maximum Gasteiger partial charge on any atom is 0.115 e. The minimum atomic E-state index is -0.111. The summed E-state index contributed by atoms with van der Waals surface area (Å²) in [5.41, 5.74) is 1.07. The molecule has 1 saturated carbocycles. The largest absolute Gasteiger partial charge is 0.508 e. The third-order valence-corrected chi connectivity index (χ3v) is 4.08. The molecule has 3 nitrogen and oxygen atoms in total. The number of aliphatic hydroxyl groups is 1. The Morgan fingerprint density at radius 3 is 2.65 bits per heavy atom. The third kappa shape index (κ3) is 3.69. The van der Waals surface area contributed by atoms with Gasteiger partial charge in [0.05, 0.1) is 6.10 Å². The SMILES string of the molecule is Oc1ccc(Br)c(CNC2CCC(O)CC2)c1. The molecule has 0 unspecified atom stereocenters. The highest BCUT2D eigenvalue weighted by atomic mass is 79.9. The Morgan fingerprint density at radius 2 is 1.94 bits per heavy atom. The molecular weight excluding hydrogens is 282 g/mol. The van der Waals surface area contributed by atoms with Crippen LogP contribution in [-0.4, -0.2) is 22.4 Å². The van der Waals surface area contributed by atoms with Gasteiger partial charge in [0.25, 0.3) is 0 Å². The van der Waals surface area contributed by atoms with Gasteiger partial charge in [-0.15, -0.1) is 0 Å². The van der Waals surface area contributed by atoms with Crippen LogP contribution < -0.4 is 5.32 Å². The van der Waals surface area contributed by atoms with Gasteiger partial charge in [-0.25, -0.2) is 0 Å². The first-order valence-corrected chi connectivity index (χ1v) is 6.83. The number of phenolic OH excluding ortho intramolecular Hbond substituents is 1. The van der Waals surface area contributed by atoms with Gasteiger partial charge >= 0.3 is 0 Å². The van der Waals surface area contributed by atoms with Crippen molar-refractivity contribution in [1.82, 2.24) is 5.32 Å². The van der Waals surface area contributed by atoms with Crippen LogP contribution in [0.1, 0.15) is 31.2 Å². The van der Waals surface area contributed by atoms with Crippen molar-refractivity contribution in [2.24, 2.45) is 0 Å². The molecule has 1 aromatic carbocycles. The molecule has 0 heterocycles. The van der Waals surface area contributed by atoms with E-state index in [1.165, 1.54) is 0 Å². The molecule has 1 fully saturated rings. The van der Waals surface area contributed by atoms with Gasteiger partial charge in [-0.05, 0) is 49.4 Å². The molecule has 0 saturated heterocycles. The summed E-state index contributed by atoms with van der Waals surface area (Å²) in [6.07, 6.45) is 3.72. The second-order valence-electron chi connectivity index (χ2n) is 4.66. The molecule has 0 amide bonds. The number of hydrogen-bond donors (Lipinski definition) is 3. The van der Waals surface area contributed by atoms with Crippen molar-refractivity contribution in [2.75, 3.05) is 0 Å². The molecule has 0 aromatic heterocycles. The predicted molar refractivity (Wildman–Crippen MR) is 70.9 cm³/mol. The van der Waals surface area contributed by atoms with Gasteiger partial charge in [-0.3, -0.25) is 0 Å². The first-order valence-electron chi connectivity index (χ1n) is 6.04. The second kappa shape index (κ2) is 5.85. The smallest absolute Gasteiger partial charge is 0.115 e. The van der Waals surface area contributed by atoms with Crippen molar-refractivity contribution in [3.8, 4) is 5.75 Å². The summed E-state index contributed by atoms with van der Waals surface area (Å²) in [6.45, 7) is 0.746. The van der Waals surface area contributed by atoms with Crippen LogP contribution in [0, 0.1) is 0 Å². The van der Waals surface area contributed by atoms with E-state index in [0.29, 0.717) is 11.8 Å². The number of benzene rings is 1. The molecule has 4 heteroatoms. The van der Waals surface area contributed by atoms with E-state index in [2.05, 4.69) is 21.2 Å². The topological polar surface area (TPSA) is 52.5 Å². The first-order chi connectivity index (χ1) is 8.15. The Bertz CT molecular complexity index is 376. The molecule has 0 bridgehead atoms. The molecule has 94 valence electrons. The van der Waals surface area contributed by atoms with E-state index < -0.39 is 0 Å². The molecule has 1 aromatic rings. The molecule has 0 spiro atoms. The van der Waals surface area contributed by atoms with Crippen LogP contribution in [0.15, 0.2) is 22.7 Å². The van der Waals surface area contributed by atoms with E-state index in [1.54, 1.807) is 12.1 Å². The summed E-state index contributed by atoms with van der Waals surface area (Å²) in [4.78, 5) is 0. The maximum atomic E-state index is 9.43. The Balaban J connectivity index is 1.87. The molecule has 0 atom stereocenters. The van der Waals surface area contributed by atoms with E-state index >= 15 is 0 Å². The lowest BCUT2D eigenvalue weighted by atomic mass is 9.93. The average molecular weight is 300 g/mol. The third-order valence-electron chi connectivity index (χ3n) is 3.31. The Morgan fingerprint density at radius 1 is 1.24 bits per heavy atom. The quantitative estimate of drug-likeness (QED) is 0.804. The van der Waals surface area contributed by atoms with Crippen LogP contribution in [0.4, 0.5) is 0 Å². The highest BCUT2D eigenvalue weighted by molar-refractivity contribution is 9.10. The van der Waals surface area contributed by atoms with Crippen molar-refractivity contribution < 1.29 is 10.2 Å². The number of aliphatic hydroxyl groups excluding tert-OH is 1. The van der Waals surface area contributed by atoms with Gasteiger partial charge in [0.1, 0.15) is 5.75 Å². The van der Waals surface area contributed by atoms with E-state index in [-0.39, 0.29) is 6.10 Å². The van der Waals surface area contributed by atoms with Crippen LogP contribution >= 0.6 is 15.9 Å². The highest BCUT2D eigenvalue weighted by Crippen LogP contribution is 2.23. The molecule has 1 aliphatic carbocycles. The standard InChI is InChI=1S/C13H18BrNO2/c14-13-6-5-12(17)7-9(13)8-15-10-1-3-11(16)4-2-10/h5-7,10-11,15-17H,1-4,8H2. The number of hydrogen-bond acceptors (Lipinski definition) is 3. The first kappa shape index (κ1) is 12.9. The Hall–Kier alpha value is -0.580. The van der Waals surface area contributed by atoms with Crippen LogP contribution in [0.3, 0.4) is 0 Å². The van der Waals surface area contributed by atoms with Crippen LogP contribution in [0.5, 0.6) is 5.75 Å². The lowest BCUT2D eigenvalue weighted by Crippen LogP contribution is -2.34. The zero-order valence-electron chi connectivity index (χ0n) is 9.69. The summed E-state index contributed by atoms with van der Waals surface area (Å²) in [7, 11) is 0. The second-order valence-corrected chi connectivity index (χ2v) is 5.52. The number of rotatable bonds is 3. The maximum absolute atomic E-state index is 9.43. The predicted octanol–water partition coefficient (Wildman–Crippen LogP) is 2.55. The number of aromatic hydroxyl groups is 1. The van der Waals surface area contributed by atoms with Crippen LogP contribution in [-0.2, 0) is 6.54 Å². The van der Waals surface area contributed by atoms with Crippen molar-refractivity contribution >= 4 is 15.9 Å². The van der Waals surface area contributed by atoms with Crippen molar-refractivity contribution in [3.63, 3.8) is 0 Å². The monoisotopic (exact) mass is 299 g/mol. The molecule has 0 aliphatic heterocycles. The molecule has 2 rings (SSSR count). The lowest BCUT2D eigenvalue weighted by Gasteiger charge is -2.26. The normalized spacial score (nSPS) is 24.8. The highest BCUT2D eigenvalue weighted by Gasteiger charge is 2.18. The van der Waals surface area contributed by atoms with Gasteiger partial charge < -0.3 is 15.5 Å². The van der Waals surface area contributed by atoms with E-state index in [9.17, 15) is 10.2 Å². The van der Waals surface area contributed by atoms with Crippen molar-refractivity contribution in [3.05, 3.63) is 28.2 Å². The van der Waals surface area contributed by atoms with Crippen LogP contribution in [0.2, 0.25) is 0 Å². The van der Waals surface area contributed by atoms with E-state index in [0.717, 1.165) is 42.3 Å². The number of halogens is 1. The van der Waals surface area contributed by atoms with E-state index in [1.807, 2.05) is 6.07 Å². The van der Waals surface area contributed by atoms with Gasteiger partial charge in [0.15, 0.2) is 0 Å². The molecule has 3 N–H and O–H groups in total. The Labute approximate surface area is 110 Å². The number of nitrogens with one attached hydrogen (secondary N) is 1. The minimum absolute atomic E-state index is 0.111. The fraction of sp³-hybridized carbons (Fsp3) is 0.538. The Kier molecular flexibility index (Phi) is 4.42. The van der Waals surface area contributed by atoms with Gasteiger partial charge in [-0.1, -0.05) is 15.9 Å². The van der Waals surface area contributed by atoms with Crippen molar-refractivity contribution in [1.29, 1.82) is 0 Å². The summed E-state index contributed by atoms with van der Waals surface area (Å²) in [5, 5.41) is 22.3. The summed E-state index contributed by atoms with van der Waals surface area (Å²) in [6, 6.07) is 5.78. The zero-order chi connectivity index (χ0) is 12.3. The minimum Gasteiger partial charge on any atom is -0.508 e. The number of phenols is 1. The zero-order valence-corrected chi connectivity index (χ0v) is 11.3. The molecule has 0 radical (unpaired) electrons. The fourth-order valence-electron chi connectivity index (χ4n) is 2.23. The fourth-order valence-corrected chi connectivity index (χ4v) is 2.62. The lowest BCUT2D eigenvalue weighted by molar-refractivity contribution is 0.116. The average Bonchev–Trinajstić information content (AvgIpc) is 2.32. The molecule has 17 heavy (non-hydrogen) atoms.